The summed E-state index contributed by atoms with van der Waals surface area (Å²) in [6.45, 7) is -0.758. The van der Waals surface area contributed by atoms with Gasteiger partial charge in [0, 0.05) is 18.6 Å². The Morgan fingerprint density at radius 2 is 2.09 bits per heavy atom. The number of nitrogens with zero attached hydrogens (tertiary/aromatic N) is 5. The van der Waals surface area contributed by atoms with Crippen LogP contribution in [-0.4, -0.2) is 45.0 Å². The average Bonchev–Trinajstić information content (AvgIpc) is 3.51. The van der Waals surface area contributed by atoms with Gasteiger partial charge in [-0.15, -0.1) is 11.3 Å². The fraction of sp³-hybridized carbons (Fsp3) is 0.200. The second-order valence-corrected chi connectivity index (χ2v) is 8.11. The van der Waals surface area contributed by atoms with Gasteiger partial charge in [0.05, 0.1) is 35.0 Å². The van der Waals surface area contributed by atoms with Crippen molar-refractivity contribution >= 4 is 28.8 Å². The maximum absolute atomic E-state index is 14.7. The van der Waals surface area contributed by atoms with Crippen LogP contribution in [0.3, 0.4) is 0 Å². The predicted molar refractivity (Wildman–Crippen MR) is 114 cm³/mol. The first-order chi connectivity index (χ1) is 16.1. The zero-order valence-electron chi connectivity index (χ0n) is 17.4. The predicted octanol–water partition coefficient (Wildman–Crippen LogP) is 5.16. The van der Waals surface area contributed by atoms with Crippen LogP contribution in [0.2, 0.25) is 5.02 Å². The second-order valence-electron chi connectivity index (χ2n) is 6.81. The fourth-order valence-electron chi connectivity index (χ4n) is 3.21. The molecule has 1 amide bonds. The first kappa shape index (κ1) is 23.9. The highest BCUT2D eigenvalue weighted by atomic mass is 35.5. The third kappa shape index (κ3) is 4.29. The van der Waals surface area contributed by atoms with Crippen LogP contribution < -0.4 is 0 Å². The SMILES string of the molecule is CON(C)C(=O)Cn1ncc(-c2onc(-c3c(F)cccc3Cl)c2-c2nccs2)c1C(F)(F)F. The molecular weight excluding hydrogens is 502 g/mol. The third-order valence-electron chi connectivity index (χ3n) is 4.80. The van der Waals surface area contributed by atoms with Crippen molar-refractivity contribution in [3.63, 3.8) is 0 Å². The lowest BCUT2D eigenvalue weighted by Gasteiger charge is -2.16. The molecule has 3 aromatic heterocycles. The Hall–Kier alpha value is -3.29. The van der Waals surface area contributed by atoms with Gasteiger partial charge in [0.2, 0.25) is 0 Å². The van der Waals surface area contributed by atoms with E-state index in [0.29, 0.717) is 4.68 Å². The number of hydroxylamine groups is 2. The zero-order chi connectivity index (χ0) is 24.6. The van der Waals surface area contributed by atoms with Gasteiger partial charge in [0.25, 0.3) is 5.91 Å². The lowest BCUT2D eigenvalue weighted by atomic mass is 10.0. The van der Waals surface area contributed by atoms with Gasteiger partial charge in [-0.2, -0.15) is 18.3 Å². The summed E-state index contributed by atoms with van der Waals surface area (Å²) in [5.41, 5.74) is -2.03. The van der Waals surface area contributed by atoms with E-state index in [-0.39, 0.29) is 32.6 Å². The summed E-state index contributed by atoms with van der Waals surface area (Å²) >= 11 is 7.26. The average molecular weight is 516 g/mol. The molecule has 0 spiro atoms. The minimum atomic E-state index is -4.93. The number of aromatic nitrogens is 4. The highest BCUT2D eigenvalue weighted by Gasteiger charge is 2.41. The molecule has 4 rings (SSSR count). The van der Waals surface area contributed by atoms with E-state index in [9.17, 15) is 22.4 Å². The number of carbonyl (C=O) groups excluding carboxylic acids is 1. The maximum Gasteiger partial charge on any atom is 0.433 e. The molecule has 0 radical (unpaired) electrons. The summed E-state index contributed by atoms with van der Waals surface area (Å²) in [6.07, 6.45) is -2.61. The van der Waals surface area contributed by atoms with E-state index in [2.05, 4.69) is 15.2 Å². The Kier molecular flexibility index (Phi) is 6.43. The number of benzene rings is 1. The van der Waals surface area contributed by atoms with Crippen molar-refractivity contribution in [3.8, 4) is 33.2 Å². The van der Waals surface area contributed by atoms with Crippen molar-refractivity contribution in [2.75, 3.05) is 14.2 Å². The molecule has 0 unspecified atom stereocenters. The molecule has 34 heavy (non-hydrogen) atoms. The van der Waals surface area contributed by atoms with Gasteiger partial charge in [-0.05, 0) is 12.1 Å². The van der Waals surface area contributed by atoms with Gasteiger partial charge in [0.15, 0.2) is 11.5 Å². The number of thiazole rings is 1. The molecule has 0 atom stereocenters. The number of amides is 1. The molecular formula is C20H14ClF4N5O3S. The van der Waals surface area contributed by atoms with Gasteiger partial charge in [0.1, 0.15) is 23.1 Å². The van der Waals surface area contributed by atoms with E-state index in [1.54, 1.807) is 5.38 Å². The van der Waals surface area contributed by atoms with Crippen LogP contribution in [0.15, 0.2) is 40.5 Å². The normalized spacial score (nSPS) is 11.7. The summed E-state index contributed by atoms with van der Waals surface area (Å²) in [7, 11) is 2.45. The number of hydrogen-bond donors (Lipinski definition) is 0. The van der Waals surface area contributed by atoms with Gasteiger partial charge in [-0.25, -0.2) is 14.4 Å². The molecule has 0 aliphatic carbocycles. The number of carbonyl (C=O) groups is 1. The van der Waals surface area contributed by atoms with Crippen molar-refractivity contribution in [2.24, 2.45) is 0 Å². The number of likely N-dealkylation sites (N-methyl/N-ethyl adjacent to an activating group) is 1. The van der Waals surface area contributed by atoms with E-state index >= 15 is 0 Å². The lowest BCUT2D eigenvalue weighted by molar-refractivity contribution is -0.170. The van der Waals surface area contributed by atoms with Gasteiger partial charge in [-0.1, -0.05) is 22.8 Å². The highest BCUT2D eigenvalue weighted by Crippen LogP contribution is 2.46. The maximum atomic E-state index is 14.7. The van der Waals surface area contributed by atoms with Gasteiger partial charge >= 0.3 is 6.18 Å². The first-order valence-electron chi connectivity index (χ1n) is 9.41. The summed E-state index contributed by atoms with van der Waals surface area (Å²) in [5, 5.41) is 10.2. The molecule has 0 saturated carbocycles. The van der Waals surface area contributed by atoms with Crippen molar-refractivity contribution in [1.82, 2.24) is 25.0 Å². The molecule has 0 fully saturated rings. The summed E-state index contributed by atoms with van der Waals surface area (Å²) in [6, 6.07) is 3.93. The quantitative estimate of drug-likeness (QED) is 0.260. The molecule has 0 aliphatic heterocycles. The standard InChI is InChI=1S/C20H14ClF4N5O3S/c1-29(32-2)13(31)9-30-18(20(23,24)25)10(8-27-30)17-15(19-26-6-7-34-19)16(28-33-17)14-11(21)4-3-5-12(14)22/h3-8H,9H2,1-2H3. The van der Waals surface area contributed by atoms with E-state index in [1.165, 1.54) is 32.5 Å². The number of alkyl halides is 3. The lowest BCUT2D eigenvalue weighted by Crippen LogP contribution is -2.31. The van der Waals surface area contributed by atoms with Crippen LogP contribution in [0, 0.1) is 5.82 Å². The molecule has 4 aromatic rings. The van der Waals surface area contributed by atoms with Crippen LogP contribution in [0.1, 0.15) is 5.69 Å². The molecule has 178 valence electrons. The first-order valence-corrected chi connectivity index (χ1v) is 10.7. The summed E-state index contributed by atoms with van der Waals surface area (Å²) in [4.78, 5) is 21.0. The Morgan fingerprint density at radius 1 is 1.32 bits per heavy atom. The molecule has 0 bridgehead atoms. The van der Waals surface area contributed by atoms with Crippen molar-refractivity contribution < 1.29 is 31.7 Å². The van der Waals surface area contributed by atoms with Crippen LogP contribution in [0.25, 0.3) is 33.2 Å². The topological polar surface area (TPSA) is 86.3 Å². The molecule has 0 saturated heterocycles. The Bertz CT molecular complexity index is 1320. The van der Waals surface area contributed by atoms with E-state index in [0.717, 1.165) is 28.7 Å². The van der Waals surface area contributed by atoms with Crippen LogP contribution >= 0.6 is 22.9 Å². The van der Waals surface area contributed by atoms with Crippen LogP contribution in [0.4, 0.5) is 17.6 Å². The minimum absolute atomic E-state index is 0.00684. The molecule has 0 aliphatic rings. The molecule has 8 nitrogen and oxygen atoms in total. The number of hydrogen-bond acceptors (Lipinski definition) is 7. The largest absolute Gasteiger partial charge is 0.433 e. The van der Waals surface area contributed by atoms with Crippen molar-refractivity contribution in [1.29, 1.82) is 0 Å². The number of halogens is 5. The smallest absolute Gasteiger partial charge is 0.355 e. The Balaban J connectivity index is 1.94. The molecule has 0 N–H and O–H groups in total. The Morgan fingerprint density at radius 3 is 2.71 bits per heavy atom. The Labute approximate surface area is 198 Å². The molecule has 1 aromatic carbocycles. The van der Waals surface area contributed by atoms with Crippen molar-refractivity contribution in [3.05, 3.63) is 52.5 Å². The monoisotopic (exact) mass is 515 g/mol. The summed E-state index contributed by atoms with van der Waals surface area (Å²) < 4.78 is 62.8. The van der Waals surface area contributed by atoms with Crippen LogP contribution in [-0.2, 0) is 22.4 Å². The van der Waals surface area contributed by atoms with Crippen LogP contribution in [0.5, 0.6) is 0 Å². The zero-order valence-corrected chi connectivity index (χ0v) is 19.0. The third-order valence-corrected chi connectivity index (χ3v) is 5.91. The van der Waals surface area contributed by atoms with E-state index < -0.39 is 35.7 Å². The summed E-state index contributed by atoms with van der Waals surface area (Å²) in [5.74, 6) is -1.88. The van der Waals surface area contributed by atoms with E-state index in [1.807, 2.05) is 0 Å². The highest BCUT2D eigenvalue weighted by molar-refractivity contribution is 7.13. The fourth-order valence-corrected chi connectivity index (χ4v) is 4.15. The van der Waals surface area contributed by atoms with Crippen molar-refractivity contribution in [2.45, 2.75) is 12.7 Å². The number of rotatable bonds is 6. The van der Waals surface area contributed by atoms with E-state index in [4.69, 9.17) is 21.0 Å². The molecule has 3 heterocycles. The second kappa shape index (κ2) is 9.16. The van der Waals surface area contributed by atoms with Gasteiger partial charge in [-0.3, -0.25) is 14.3 Å². The van der Waals surface area contributed by atoms with Gasteiger partial charge < -0.3 is 4.52 Å². The molecule has 14 heteroatoms. The minimum Gasteiger partial charge on any atom is -0.355 e.